The lowest BCUT2D eigenvalue weighted by atomic mass is 10.1. The summed E-state index contributed by atoms with van der Waals surface area (Å²) in [6.45, 7) is 1.21. The Morgan fingerprint density at radius 2 is 2.10 bits per heavy atom. The Bertz CT molecular complexity index is 591. The van der Waals surface area contributed by atoms with Crippen molar-refractivity contribution < 1.29 is 18.3 Å². The zero-order valence-electron chi connectivity index (χ0n) is 11.1. The lowest BCUT2D eigenvalue weighted by Crippen LogP contribution is -2.03. The third-order valence-corrected chi connectivity index (χ3v) is 2.47. The van der Waals surface area contributed by atoms with Crippen molar-refractivity contribution in [2.45, 2.75) is 20.5 Å². The number of alkyl halides is 2. The molecular weight excluding hydrogens is 266 g/mol. The van der Waals surface area contributed by atoms with Gasteiger partial charge in [0.2, 0.25) is 5.88 Å². The molecule has 0 aliphatic rings. The van der Waals surface area contributed by atoms with E-state index in [1.807, 2.05) is 6.92 Å². The topological polar surface area (TPSA) is 44.2 Å². The molecule has 4 nitrogen and oxygen atoms in total. The SMILES string of the molecule is CCOc1ncc(C)nc1-c1cccc(OC(F)F)c1. The van der Waals surface area contributed by atoms with Crippen LogP contribution in [0, 0.1) is 6.92 Å². The summed E-state index contributed by atoms with van der Waals surface area (Å²) in [5, 5.41) is 0. The monoisotopic (exact) mass is 280 g/mol. The van der Waals surface area contributed by atoms with E-state index in [0.717, 1.165) is 0 Å². The van der Waals surface area contributed by atoms with Crippen molar-refractivity contribution in [3.63, 3.8) is 0 Å². The molecule has 0 amide bonds. The van der Waals surface area contributed by atoms with Crippen LogP contribution in [0.4, 0.5) is 8.78 Å². The van der Waals surface area contributed by atoms with Crippen molar-refractivity contribution in [1.82, 2.24) is 9.97 Å². The predicted octanol–water partition coefficient (Wildman–Crippen LogP) is 3.45. The van der Waals surface area contributed by atoms with Crippen molar-refractivity contribution in [3.8, 4) is 22.9 Å². The van der Waals surface area contributed by atoms with Crippen LogP contribution in [0.25, 0.3) is 11.3 Å². The first-order valence-electron chi connectivity index (χ1n) is 6.12. The van der Waals surface area contributed by atoms with Crippen LogP contribution in [0.3, 0.4) is 0 Å². The van der Waals surface area contributed by atoms with E-state index >= 15 is 0 Å². The molecule has 0 N–H and O–H groups in total. The molecule has 0 fully saturated rings. The summed E-state index contributed by atoms with van der Waals surface area (Å²) in [5.41, 5.74) is 1.83. The fraction of sp³-hybridized carbons (Fsp3) is 0.286. The number of rotatable bonds is 5. The zero-order chi connectivity index (χ0) is 14.5. The van der Waals surface area contributed by atoms with Gasteiger partial charge in [0.25, 0.3) is 0 Å². The summed E-state index contributed by atoms with van der Waals surface area (Å²) >= 11 is 0. The minimum Gasteiger partial charge on any atom is -0.476 e. The van der Waals surface area contributed by atoms with Gasteiger partial charge in [-0.1, -0.05) is 12.1 Å². The molecule has 0 saturated carbocycles. The summed E-state index contributed by atoms with van der Waals surface area (Å²) in [7, 11) is 0. The Kier molecular flexibility index (Phi) is 4.45. The van der Waals surface area contributed by atoms with E-state index in [1.165, 1.54) is 12.1 Å². The molecule has 0 spiro atoms. The van der Waals surface area contributed by atoms with Gasteiger partial charge in [-0.3, -0.25) is 0 Å². The number of benzene rings is 1. The molecule has 0 radical (unpaired) electrons. The fourth-order valence-electron chi connectivity index (χ4n) is 1.72. The minimum absolute atomic E-state index is 0.0725. The highest BCUT2D eigenvalue weighted by Gasteiger charge is 2.12. The van der Waals surface area contributed by atoms with Gasteiger partial charge < -0.3 is 9.47 Å². The smallest absolute Gasteiger partial charge is 0.387 e. The number of aryl methyl sites for hydroxylation is 1. The van der Waals surface area contributed by atoms with Crippen LogP contribution in [0.15, 0.2) is 30.5 Å². The highest BCUT2D eigenvalue weighted by atomic mass is 19.3. The van der Waals surface area contributed by atoms with E-state index in [1.54, 1.807) is 25.3 Å². The maximum absolute atomic E-state index is 12.2. The van der Waals surface area contributed by atoms with Gasteiger partial charge in [0.05, 0.1) is 18.5 Å². The van der Waals surface area contributed by atoms with E-state index in [-0.39, 0.29) is 5.75 Å². The Labute approximate surface area is 115 Å². The molecule has 0 bridgehead atoms. The molecule has 1 aromatic heterocycles. The second kappa shape index (κ2) is 6.27. The molecule has 20 heavy (non-hydrogen) atoms. The van der Waals surface area contributed by atoms with Crippen LogP contribution >= 0.6 is 0 Å². The lowest BCUT2D eigenvalue weighted by Gasteiger charge is -2.10. The van der Waals surface area contributed by atoms with Gasteiger partial charge in [-0.05, 0) is 26.0 Å². The van der Waals surface area contributed by atoms with Crippen LogP contribution in [0.2, 0.25) is 0 Å². The Morgan fingerprint density at radius 1 is 1.30 bits per heavy atom. The highest BCUT2D eigenvalue weighted by Crippen LogP contribution is 2.29. The zero-order valence-corrected chi connectivity index (χ0v) is 11.1. The summed E-state index contributed by atoms with van der Waals surface area (Å²) < 4.78 is 34.3. The van der Waals surface area contributed by atoms with Crippen molar-refractivity contribution in [3.05, 3.63) is 36.2 Å². The Morgan fingerprint density at radius 3 is 2.80 bits per heavy atom. The Balaban J connectivity index is 2.42. The molecule has 1 aromatic carbocycles. The summed E-state index contributed by atoms with van der Waals surface area (Å²) in [4.78, 5) is 8.51. The standard InChI is InChI=1S/C14H14F2N2O2/c1-3-19-13-12(18-9(2)8-17-13)10-5-4-6-11(7-10)20-14(15)16/h4-8,14H,3H2,1-2H3. The third kappa shape index (κ3) is 3.40. The van der Waals surface area contributed by atoms with E-state index < -0.39 is 6.61 Å². The highest BCUT2D eigenvalue weighted by molar-refractivity contribution is 5.65. The number of ether oxygens (including phenoxy) is 2. The van der Waals surface area contributed by atoms with Crippen molar-refractivity contribution in [1.29, 1.82) is 0 Å². The lowest BCUT2D eigenvalue weighted by molar-refractivity contribution is -0.0498. The van der Waals surface area contributed by atoms with Gasteiger partial charge in [0.1, 0.15) is 11.4 Å². The second-order valence-electron chi connectivity index (χ2n) is 4.00. The van der Waals surface area contributed by atoms with Crippen molar-refractivity contribution in [2.75, 3.05) is 6.61 Å². The fourth-order valence-corrected chi connectivity index (χ4v) is 1.72. The second-order valence-corrected chi connectivity index (χ2v) is 4.00. The molecule has 0 aliphatic carbocycles. The predicted molar refractivity (Wildman–Crippen MR) is 70.0 cm³/mol. The number of halogens is 2. The van der Waals surface area contributed by atoms with Gasteiger partial charge in [-0.15, -0.1) is 0 Å². The molecular formula is C14H14F2N2O2. The van der Waals surface area contributed by atoms with Gasteiger partial charge in [0, 0.05) is 5.56 Å². The van der Waals surface area contributed by atoms with E-state index in [2.05, 4.69) is 14.7 Å². The molecule has 2 rings (SSSR count). The quantitative estimate of drug-likeness (QED) is 0.841. The summed E-state index contributed by atoms with van der Waals surface area (Å²) in [6, 6.07) is 6.30. The first-order valence-corrected chi connectivity index (χ1v) is 6.12. The van der Waals surface area contributed by atoms with E-state index in [0.29, 0.717) is 29.4 Å². The van der Waals surface area contributed by atoms with Crippen LogP contribution in [0.5, 0.6) is 11.6 Å². The van der Waals surface area contributed by atoms with Crippen LogP contribution in [0.1, 0.15) is 12.6 Å². The molecule has 0 aliphatic heterocycles. The summed E-state index contributed by atoms with van der Waals surface area (Å²) in [5.74, 6) is 0.440. The summed E-state index contributed by atoms with van der Waals surface area (Å²) in [6.07, 6.45) is 1.59. The third-order valence-electron chi connectivity index (χ3n) is 2.47. The molecule has 0 saturated heterocycles. The first kappa shape index (κ1) is 14.2. The van der Waals surface area contributed by atoms with Crippen molar-refractivity contribution >= 4 is 0 Å². The largest absolute Gasteiger partial charge is 0.476 e. The van der Waals surface area contributed by atoms with Crippen LogP contribution in [-0.4, -0.2) is 23.2 Å². The average molecular weight is 280 g/mol. The molecule has 106 valence electrons. The number of aromatic nitrogens is 2. The number of nitrogens with zero attached hydrogens (tertiary/aromatic N) is 2. The van der Waals surface area contributed by atoms with E-state index in [9.17, 15) is 8.78 Å². The van der Waals surface area contributed by atoms with Gasteiger partial charge in [0.15, 0.2) is 0 Å². The van der Waals surface area contributed by atoms with E-state index in [4.69, 9.17) is 4.74 Å². The first-order chi connectivity index (χ1) is 9.60. The Hall–Kier alpha value is -2.24. The maximum Gasteiger partial charge on any atom is 0.387 e. The molecule has 2 aromatic rings. The number of hydrogen-bond donors (Lipinski definition) is 0. The van der Waals surface area contributed by atoms with Gasteiger partial charge in [-0.2, -0.15) is 8.78 Å². The minimum atomic E-state index is -2.86. The maximum atomic E-state index is 12.2. The molecule has 1 heterocycles. The van der Waals surface area contributed by atoms with Gasteiger partial charge >= 0.3 is 6.61 Å². The number of hydrogen-bond acceptors (Lipinski definition) is 4. The average Bonchev–Trinajstić information content (AvgIpc) is 2.40. The van der Waals surface area contributed by atoms with Crippen LogP contribution in [-0.2, 0) is 0 Å². The van der Waals surface area contributed by atoms with Crippen molar-refractivity contribution in [2.24, 2.45) is 0 Å². The molecule has 0 atom stereocenters. The van der Waals surface area contributed by atoms with Gasteiger partial charge in [-0.25, -0.2) is 9.97 Å². The molecule has 6 heteroatoms. The normalized spacial score (nSPS) is 10.7. The van der Waals surface area contributed by atoms with Crippen LogP contribution < -0.4 is 9.47 Å². The molecule has 0 unspecified atom stereocenters.